The summed E-state index contributed by atoms with van der Waals surface area (Å²) in [5.74, 6) is 0.933. The van der Waals surface area contributed by atoms with Crippen LogP contribution in [0.4, 0.5) is 0 Å². The van der Waals surface area contributed by atoms with E-state index in [1.165, 1.54) is 51.7 Å². The molecule has 3 atom stereocenters. The Morgan fingerprint density at radius 2 is 1.88 bits per heavy atom. The van der Waals surface area contributed by atoms with E-state index in [2.05, 4.69) is 10.2 Å². The molecule has 3 heterocycles. The van der Waals surface area contributed by atoms with E-state index in [1.807, 2.05) is 7.11 Å². The first-order chi connectivity index (χ1) is 7.86. The molecule has 1 N–H and O–H groups in total. The number of nitrogens with one attached hydrogen (secondary N) is 1. The lowest BCUT2D eigenvalue weighted by molar-refractivity contribution is 0.0399. The minimum Gasteiger partial charge on any atom is -0.380 e. The Labute approximate surface area is 98.5 Å². The first-order valence-electron chi connectivity index (χ1n) is 6.88. The fourth-order valence-corrected chi connectivity index (χ4v) is 3.83. The van der Waals surface area contributed by atoms with Gasteiger partial charge in [0.2, 0.25) is 0 Å². The Bertz CT molecular complexity index is 238. The molecule has 0 aromatic rings. The van der Waals surface area contributed by atoms with Crippen LogP contribution in [-0.2, 0) is 4.74 Å². The predicted molar refractivity (Wildman–Crippen MR) is 64.5 cm³/mol. The molecule has 3 unspecified atom stereocenters. The average Bonchev–Trinajstić information content (AvgIpc) is 2.78. The molecular weight excluding hydrogens is 200 g/mol. The lowest BCUT2D eigenvalue weighted by atomic mass is 9.83. The maximum atomic E-state index is 5.57. The quantitative estimate of drug-likeness (QED) is 0.780. The van der Waals surface area contributed by atoms with E-state index in [1.54, 1.807) is 0 Å². The zero-order chi connectivity index (χ0) is 11.0. The number of rotatable bonds is 3. The molecule has 1 aliphatic carbocycles. The summed E-state index contributed by atoms with van der Waals surface area (Å²) in [6, 6.07) is 1.36. The van der Waals surface area contributed by atoms with Gasteiger partial charge in [-0.05, 0) is 51.1 Å². The number of methoxy groups -OCH3 is 1. The van der Waals surface area contributed by atoms with Gasteiger partial charge < -0.3 is 15.0 Å². The van der Waals surface area contributed by atoms with Crippen LogP contribution in [-0.4, -0.2) is 49.8 Å². The normalized spacial score (nSPS) is 47.4. The van der Waals surface area contributed by atoms with Gasteiger partial charge in [-0.15, -0.1) is 0 Å². The molecule has 92 valence electrons. The Morgan fingerprint density at radius 1 is 1.06 bits per heavy atom. The molecule has 1 saturated carbocycles. The van der Waals surface area contributed by atoms with Crippen LogP contribution in [0.2, 0.25) is 0 Å². The molecular formula is C13H24N2O. The van der Waals surface area contributed by atoms with Gasteiger partial charge in [-0.1, -0.05) is 0 Å². The van der Waals surface area contributed by atoms with Crippen LogP contribution >= 0.6 is 0 Å². The number of fused-ring (bicyclic) bond motifs is 3. The summed E-state index contributed by atoms with van der Waals surface area (Å²) < 4.78 is 5.57. The van der Waals surface area contributed by atoms with Gasteiger partial charge in [-0.3, -0.25) is 0 Å². The summed E-state index contributed by atoms with van der Waals surface area (Å²) in [6.45, 7) is 3.94. The molecule has 3 heteroatoms. The molecule has 0 aromatic heterocycles. The van der Waals surface area contributed by atoms with E-state index in [9.17, 15) is 0 Å². The highest BCUT2D eigenvalue weighted by atomic mass is 16.5. The highest BCUT2D eigenvalue weighted by Gasteiger charge is 2.37. The second-order valence-corrected chi connectivity index (χ2v) is 5.72. The Kier molecular flexibility index (Phi) is 3.18. The summed E-state index contributed by atoms with van der Waals surface area (Å²) >= 11 is 0. The van der Waals surface area contributed by atoms with E-state index in [4.69, 9.17) is 4.74 Å². The largest absolute Gasteiger partial charge is 0.380 e. The molecule has 0 radical (unpaired) electrons. The average molecular weight is 224 g/mol. The van der Waals surface area contributed by atoms with Crippen molar-refractivity contribution in [3.8, 4) is 0 Å². The summed E-state index contributed by atoms with van der Waals surface area (Å²) in [4.78, 5) is 2.62. The van der Waals surface area contributed by atoms with Crippen LogP contribution in [0.25, 0.3) is 0 Å². The Hall–Kier alpha value is -0.120. The summed E-state index contributed by atoms with van der Waals surface area (Å²) in [7, 11) is 1.86. The van der Waals surface area contributed by atoms with E-state index in [-0.39, 0.29) is 0 Å². The van der Waals surface area contributed by atoms with Crippen molar-refractivity contribution in [2.75, 3.05) is 26.7 Å². The fourth-order valence-electron chi connectivity index (χ4n) is 3.83. The van der Waals surface area contributed by atoms with Gasteiger partial charge in [0.15, 0.2) is 0 Å². The van der Waals surface area contributed by atoms with E-state index >= 15 is 0 Å². The smallest absolute Gasteiger partial charge is 0.0724 e. The number of ether oxygens (including phenoxy) is 1. The molecule has 2 bridgehead atoms. The molecule has 3 nitrogen and oxygen atoms in total. The predicted octanol–water partition coefficient (Wildman–Crippen LogP) is 1.24. The number of piperidine rings is 3. The number of nitrogens with zero attached hydrogens (tertiary/aromatic N) is 1. The standard InChI is InChI=1S/C13H24N2O/c1-16-13-4-2-3-11(13)14-12-9-15-7-5-10(12)6-8-15/h10-14H,2-9H2,1H3. The molecule has 16 heavy (non-hydrogen) atoms. The Morgan fingerprint density at radius 3 is 2.50 bits per heavy atom. The van der Waals surface area contributed by atoms with Gasteiger partial charge in [0, 0.05) is 25.7 Å². The van der Waals surface area contributed by atoms with Crippen LogP contribution < -0.4 is 5.32 Å². The van der Waals surface area contributed by atoms with Crippen molar-refractivity contribution in [2.45, 2.75) is 50.3 Å². The number of hydrogen-bond donors (Lipinski definition) is 1. The maximum Gasteiger partial charge on any atom is 0.0724 e. The summed E-state index contributed by atoms with van der Waals surface area (Å²) in [5.41, 5.74) is 0. The zero-order valence-corrected chi connectivity index (χ0v) is 10.3. The van der Waals surface area contributed by atoms with Gasteiger partial charge in [0.25, 0.3) is 0 Å². The highest BCUT2D eigenvalue weighted by molar-refractivity contribution is 4.95. The Balaban J connectivity index is 1.58. The van der Waals surface area contributed by atoms with Gasteiger partial charge in [0.05, 0.1) is 6.10 Å². The molecule has 3 aliphatic heterocycles. The minimum atomic E-state index is 0.468. The van der Waals surface area contributed by atoms with Gasteiger partial charge in [-0.25, -0.2) is 0 Å². The topological polar surface area (TPSA) is 24.5 Å². The lowest BCUT2D eigenvalue weighted by Crippen LogP contribution is -2.59. The first-order valence-corrected chi connectivity index (χ1v) is 6.88. The van der Waals surface area contributed by atoms with Crippen molar-refractivity contribution in [3.63, 3.8) is 0 Å². The van der Waals surface area contributed by atoms with E-state index in [0.717, 1.165) is 12.0 Å². The van der Waals surface area contributed by atoms with E-state index < -0.39 is 0 Å². The molecule has 4 fully saturated rings. The number of hydrogen-bond acceptors (Lipinski definition) is 3. The first kappa shape index (κ1) is 11.0. The third-order valence-corrected chi connectivity index (χ3v) is 4.84. The van der Waals surface area contributed by atoms with Gasteiger partial charge in [-0.2, -0.15) is 0 Å². The third-order valence-electron chi connectivity index (χ3n) is 4.84. The molecule has 4 aliphatic rings. The second kappa shape index (κ2) is 4.63. The van der Waals surface area contributed by atoms with Crippen molar-refractivity contribution in [3.05, 3.63) is 0 Å². The van der Waals surface area contributed by atoms with Crippen LogP contribution in [0, 0.1) is 5.92 Å². The third kappa shape index (κ3) is 2.01. The molecule has 4 rings (SSSR count). The van der Waals surface area contributed by atoms with Crippen LogP contribution in [0.15, 0.2) is 0 Å². The van der Waals surface area contributed by atoms with Crippen molar-refractivity contribution >= 4 is 0 Å². The van der Waals surface area contributed by atoms with Crippen molar-refractivity contribution in [1.82, 2.24) is 10.2 Å². The van der Waals surface area contributed by atoms with Gasteiger partial charge in [0.1, 0.15) is 0 Å². The minimum absolute atomic E-state index is 0.468. The van der Waals surface area contributed by atoms with Crippen LogP contribution in [0.1, 0.15) is 32.1 Å². The highest BCUT2D eigenvalue weighted by Crippen LogP contribution is 2.30. The second-order valence-electron chi connectivity index (χ2n) is 5.72. The van der Waals surface area contributed by atoms with Gasteiger partial charge >= 0.3 is 0 Å². The lowest BCUT2D eigenvalue weighted by Gasteiger charge is -2.46. The van der Waals surface area contributed by atoms with Crippen molar-refractivity contribution in [2.24, 2.45) is 5.92 Å². The van der Waals surface area contributed by atoms with Crippen molar-refractivity contribution in [1.29, 1.82) is 0 Å². The molecule has 0 aromatic carbocycles. The summed E-state index contributed by atoms with van der Waals surface area (Å²) in [6.07, 6.45) is 7.16. The molecule has 0 spiro atoms. The maximum absolute atomic E-state index is 5.57. The molecule has 0 amide bonds. The fraction of sp³-hybridized carbons (Fsp3) is 1.00. The van der Waals surface area contributed by atoms with Crippen molar-refractivity contribution < 1.29 is 4.74 Å². The zero-order valence-electron chi connectivity index (χ0n) is 10.3. The summed E-state index contributed by atoms with van der Waals surface area (Å²) in [5, 5.41) is 3.88. The van der Waals surface area contributed by atoms with E-state index in [0.29, 0.717) is 12.1 Å². The van der Waals surface area contributed by atoms with Crippen LogP contribution in [0.3, 0.4) is 0 Å². The SMILES string of the molecule is COC1CCCC1NC1CN2CCC1CC2. The molecule has 3 saturated heterocycles. The van der Waals surface area contributed by atoms with Crippen LogP contribution in [0.5, 0.6) is 0 Å². The monoisotopic (exact) mass is 224 g/mol.